The van der Waals surface area contributed by atoms with Crippen molar-refractivity contribution in [2.24, 2.45) is 0 Å². The van der Waals surface area contributed by atoms with Gasteiger partial charge in [-0.3, -0.25) is 9.59 Å². The second-order valence-electron chi connectivity index (χ2n) is 7.29. The molecule has 0 fully saturated rings. The van der Waals surface area contributed by atoms with Crippen LogP contribution in [0.15, 0.2) is 66.0 Å². The van der Waals surface area contributed by atoms with Gasteiger partial charge < -0.3 is 14.8 Å². The highest BCUT2D eigenvalue weighted by molar-refractivity contribution is 7.12. The highest BCUT2D eigenvalue weighted by Gasteiger charge is 2.25. The molecule has 6 nitrogen and oxygen atoms in total. The third-order valence-corrected chi connectivity index (χ3v) is 6.08. The van der Waals surface area contributed by atoms with Crippen LogP contribution in [0.25, 0.3) is 0 Å². The molecule has 166 valence electrons. The maximum Gasteiger partial charge on any atom is 0.328 e. The van der Waals surface area contributed by atoms with Gasteiger partial charge in [0.2, 0.25) is 11.7 Å². The van der Waals surface area contributed by atoms with E-state index in [-0.39, 0.29) is 11.7 Å². The summed E-state index contributed by atoms with van der Waals surface area (Å²) in [5.41, 5.74) is 2.18. The topological polar surface area (TPSA) is 81.7 Å². The predicted molar refractivity (Wildman–Crippen MR) is 123 cm³/mol. The molecule has 1 N–H and O–H groups in total. The molecule has 32 heavy (non-hydrogen) atoms. The molecule has 0 radical (unpaired) electrons. The van der Waals surface area contributed by atoms with E-state index in [0.717, 1.165) is 11.1 Å². The van der Waals surface area contributed by atoms with Gasteiger partial charge in [-0.05, 0) is 41.6 Å². The van der Waals surface area contributed by atoms with Gasteiger partial charge in [-0.25, -0.2) is 4.79 Å². The Morgan fingerprint density at radius 1 is 0.969 bits per heavy atom. The maximum absolute atomic E-state index is 12.9. The van der Waals surface area contributed by atoms with Crippen molar-refractivity contribution in [3.8, 4) is 5.75 Å². The molecule has 2 atom stereocenters. The van der Waals surface area contributed by atoms with Crippen LogP contribution in [-0.4, -0.2) is 37.9 Å². The SMILES string of the molecule is COC(=O)[C@H](Cc1ccc(OC)cc1)NC(=O)[C@@H](C)c1ccc(C(=O)c2cccs2)cc1. The van der Waals surface area contributed by atoms with Gasteiger partial charge in [-0.2, -0.15) is 0 Å². The van der Waals surface area contributed by atoms with Crippen molar-refractivity contribution in [1.29, 1.82) is 0 Å². The first-order valence-electron chi connectivity index (χ1n) is 10.1. The van der Waals surface area contributed by atoms with Crippen molar-refractivity contribution in [2.45, 2.75) is 25.3 Å². The van der Waals surface area contributed by atoms with E-state index < -0.39 is 17.9 Å². The largest absolute Gasteiger partial charge is 0.497 e. The molecule has 3 aromatic rings. The smallest absolute Gasteiger partial charge is 0.328 e. The Morgan fingerprint density at radius 2 is 1.66 bits per heavy atom. The van der Waals surface area contributed by atoms with Gasteiger partial charge in [0.1, 0.15) is 11.8 Å². The molecule has 3 rings (SSSR count). The van der Waals surface area contributed by atoms with Crippen LogP contribution in [0.4, 0.5) is 0 Å². The summed E-state index contributed by atoms with van der Waals surface area (Å²) in [4.78, 5) is 38.3. The van der Waals surface area contributed by atoms with Crippen LogP contribution in [-0.2, 0) is 20.7 Å². The van der Waals surface area contributed by atoms with Crippen LogP contribution in [0.5, 0.6) is 5.75 Å². The average molecular weight is 452 g/mol. The van der Waals surface area contributed by atoms with E-state index in [1.54, 1.807) is 56.5 Å². The van der Waals surface area contributed by atoms with Crippen molar-refractivity contribution in [3.63, 3.8) is 0 Å². The Morgan fingerprint density at radius 3 is 2.22 bits per heavy atom. The van der Waals surface area contributed by atoms with Crippen LogP contribution in [0, 0.1) is 0 Å². The normalized spacial score (nSPS) is 12.5. The highest BCUT2D eigenvalue weighted by atomic mass is 32.1. The molecule has 1 amide bonds. The molecule has 2 aromatic carbocycles. The predicted octanol–water partition coefficient (Wildman–Crippen LogP) is 3.99. The molecule has 1 aromatic heterocycles. The zero-order valence-corrected chi connectivity index (χ0v) is 19.0. The van der Waals surface area contributed by atoms with Crippen LogP contribution in [0.1, 0.15) is 39.2 Å². The van der Waals surface area contributed by atoms with Crippen molar-refractivity contribution in [1.82, 2.24) is 5.32 Å². The summed E-state index contributed by atoms with van der Waals surface area (Å²) < 4.78 is 10.0. The highest BCUT2D eigenvalue weighted by Crippen LogP contribution is 2.20. The molecule has 0 aliphatic rings. The number of amides is 1. The van der Waals surface area contributed by atoms with E-state index in [1.165, 1.54) is 18.4 Å². The fraction of sp³-hybridized carbons (Fsp3) is 0.240. The minimum absolute atomic E-state index is 0.0473. The minimum atomic E-state index is -0.817. The van der Waals surface area contributed by atoms with Crippen LogP contribution in [0.2, 0.25) is 0 Å². The summed E-state index contributed by atoms with van der Waals surface area (Å²) in [5.74, 6) is -0.663. The van der Waals surface area contributed by atoms with Crippen molar-refractivity contribution in [3.05, 3.63) is 87.6 Å². The number of hydrogen-bond acceptors (Lipinski definition) is 6. The van der Waals surface area contributed by atoms with E-state index in [4.69, 9.17) is 9.47 Å². The molecule has 0 saturated heterocycles. The summed E-state index contributed by atoms with van der Waals surface area (Å²) in [6, 6.07) is 17.1. The molecular formula is C25H25NO5S. The first-order valence-corrected chi connectivity index (χ1v) is 11.0. The van der Waals surface area contributed by atoms with Gasteiger partial charge in [0.15, 0.2) is 0 Å². The minimum Gasteiger partial charge on any atom is -0.497 e. The number of benzene rings is 2. The quantitative estimate of drug-likeness (QED) is 0.393. The summed E-state index contributed by atoms with van der Waals surface area (Å²) in [6.45, 7) is 1.76. The number of esters is 1. The third kappa shape index (κ3) is 5.62. The molecule has 0 saturated carbocycles. The lowest BCUT2D eigenvalue weighted by atomic mass is 9.97. The van der Waals surface area contributed by atoms with Crippen molar-refractivity contribution < 1.29 is 23.9 Å². The summed E-state index contributed by atoms with van der Waals surface area (Å²) in [5, 5.41) is 4.65. The Labute approximate surface area is 191 Å². The number of methoxy groups -OCH3 is 2. The Hall–Kier alpha value is -3.45. The molecule has 1 heterocycles. The number of hydrogen-bond donors (Lipinski definition) is 1. The standard InChI is InChI=1S/C25H25NO5S/c1-16(18-8-10-19(11-9-18)23(27)22-5-4-14-32-22)24(28)26-21(25(29)31-3)15-17-6-12-20(30-2)13-7-17/h4-14,16,21H,15H2,1-3H3,(H,26,28)/t16-,21-/m0/s1. The lowest BCUT2D eigenvalue weighted by Gasteiger charge is -2.20. The van der Waals surface area contributed by atoms with Gasteiger partial charge >= 0.3 is 5.97 Å². The molecule has 0 aliphatic carbocycles. The fourth-order valence-corrected chi connectivity index (χ4v) is 3.94. The van der Waals surface area contributed by atoms with E-state index in [0.29, 0.717) is 22.6 Å². The van der Waals surface area contributed by atoms with Gasteiger partial charge in [0.25, 0.3) is 0 Å². The number of thiophene rings is 1. The molecule has 0 unspecified atom stereocenters. The molecular weight excluding hydrogens is 426 g/mol. The Bertz CT molecular complexity index is 1060. The number of nitrogens with one attached hydrogen (secondary N) is 1. The summed E-state index contributed by atoms with van der Waals surface area (Å²) in [6.07, 6.45) is 0.295. The average Bonchev–Trinajstić information content (AvgIpc) is 3.37. The van der Waals surface area contributed by atoms with Crippen molar-refractivity contribution >= 4 is 29.0 Å². The number of rotatable bonds is 9. The Balaban J connectivity index is 1.68. The first-order chi connectivity index (χ1) is 15.4. The second kappa shape index (κ2) is 10.7. The van der Waals surface area contributed by atoms with Gasteiger partial charge in [-0.1, -0.05) is 42.5 Å². The van der Waals surface area contributed by atoms with Crippen LogP contribution >= 0.6 is 11.3 Å². The fourth-order valence-electron chi connectivity index (χ4n) is 3.25. The monoisotopic (exact) mass is 451 g/mol. The summed E-state index contributed by atoms with van der Waals surface area (Å²) >= 11 is 1.39. The molecule has 7 heteroatoms. The maximum atomic E-state index is 12.9. The number of ether oxygens (including phenoxy) is 2. The van der Waals surface area contributed by atoms with Gasteiger partial charge in [0, 0.05) is 12.0 Å². The van der Waals surface area contributed by atoms with E-state index >= 15 is 0 Å². The Kier molecular flexibility index (Phi) is 7.78. The molecule has 0 spiro atoms. The number of carbonyl (C=O) groups excluding carboxylic acids is 3. The van der Waals surface area contributed by atoms with Crippen LogP contribution in [0.3, 0.4) is 0 Å². The first kappa shape index (κ1) is 23.2. The third-order valence-electron chi connectivity index (χ3n) is 5.21. The van der Waals surface area contributed by atoms with Gasteiger partial charge in [-0.15, -0.1) is 11.3 Å². The number of carbonyl (C=O) groups is 3. The van der Waals surface area contributed by atoms with E-state index in [1.807, 2.05) is 23.6 Å². The summed E-state index contributed by atoms with van der Waals surface area (Å²) in [7, 11) is 2.88. The lowest BCUT2D eigenvalue weighted by Crippen LogP contribution is -2.44. The van der Waals surface area contributed by atoms with Crippen LogP contribution < -0.4 is 10.1 Å². The zero-order chi connectivity index (χ0) is 23.1. The second-order valence-corrected chi connectivity index (χ2v) is 8.23. The molecule has 0 bridgehead atoms. The number of ketones is 1. The van der Waals surface area contributed by atoms with E-state index in [9.17, 15) is 14.4 Å². The van der Waals surface area contributed by atoms with Gasteiger partial charge in [0.05, 0.1) is 25.0 Å². The van der Waals surface area contributed by atoms with Crippen molar-refractivity contribution in [2.75, 3.05) is 14.2 Å². The van der Waals surface area contributed by atoms with E-state index in [2.05, 4.69) is 5.32 Å². The molecule has 0 aliphatic heterocycles. The zero-order valence-electron chi connectivity index (χ0n) is 18.2. The lowest BCUT2D eigenvalue weighted by molar-refractivity contribution is -0.145.